The van der Waals surface area contributed by atoms with Crippen molar-refractivity contribution in [1.82, 2.24) is 10.4 Å². The molecule has 0 bridgehead atoms. The Morgan fingerprint density at radius 2 is 1.67 bits per heavy atom. The molecule has 0 amide bonds. The molecule has 0 aliphatic heterocycles. The van der Waals surface area contributed by atoms with E-state index in [2.05, 4.69) is 5.43 Å². The van der Waals surface area contributed by atoms with Gasteiger partial charge in [0.25, 0.3) is 5.97 Å². The van der Waals surface area contributed by atoms with Gasteiger partial charge in [-0.05, 0) is 7.05 Å². The number of hydrazine groups is 1. The van der Waals surface area contributed by atoms with Crippen LogP contribution in [0.1, 0.15) is 6.92 Å². The molecule has 0 saturated heterocycles. The number of carboxylic acid groups (broad SMARTS) is 1. The van der Waals surface area contributed by atoms with Crippen molar-refractivity contribution in [3.05, 3.63) is 0 Å². The first-order valence-corrected chi connectivity index (χ1v) is 2.55. The molecule has 0 aromatic rings. The second-order valence-corrected chi connectivity index (χ2v) is 1.64. The Morgan fingerprint density at radius 3 is 1.67 bits per heavy atom. The molecule has 4 nitrogen and oxygen atoms in total. The molecule has 0 rings (SSSR count). The molecule has 0 aromatic heterocycles. The van der Waals surface area contributed by atoms with Gasteiger partial charge in [0, 0.05) is 21.0 Å². The average Bonchev–Trinajstić information content (AvgIpc) is 1.65. The highest BCUT2D eigenvalue weighted by molar-refractivity contribution is 5.62. The van der Waals surface area contributed by atoms with Crippen LogP contribution < -0.4 is 5.43 Å². The van der Waals surface area contributed by atoms with E-state index in [1.165, 1.54) is 0 Å². The van der Waals surface area contributed by atoms with Crippen molar-refractivity contribution in [2.24, 2.45) is 0 Å². The summed E-state index contributed by atoms with van der Waals surface area (Å²) < 4.78 is 0. The van der Waals surface area contributed by atoms with E-state index in [0.717, 1.165) is 6.92 Å². The number of nitrogens with zero attached hydrogens (tertiary/aromatic N) is 1. The van der Waals surface area contributed by atoms with Crippen molar-refractivity contribution in [1.29, 1.82) is 0 Å². The van der Waals surface area contributed by atoms with Crippen molar-refractivity contribution in [3.63, 3.8) is 0 Å². The lowest BCUT2D eigenvalue weighted by molar-refractivity contribution is -0.134. The molecule has 0 aliphatic rings. The molecule has 0 spiro atoms. The highest BCUT2D eigenvalue weighted by atomic mass is 16.4. The van der Waals surface area contributed by atoms with Gasteiger partial charge >= 0.3 is 0 Å². The molecule has 9 heavy (non-hydrogen) atoms. The summed E-state index contributed by atoms with van der Waals surface area (Å²) in [4.78, 5) is 9.00. The largest absolute Gasteiger partial charge is 0.481 e. The van der Waals surface area contributed by atoms with Crippen molar-refractivity contribution in [3.8, 4) is 0 Å². The molecule has 0 fully saturated rings. The number of hydrogen-bond acceptors (Lipinski definition) is 3. The summed E-state index contributed by atoms with van der Waals surface area (Å²) in [5.74, 6) is -0.833. The fourth-order valence-corrected chi connectivity index (χ4v) is 0. The first kappa shape index (κ1) is 11.2. The van der Waals surface area contributed by atoms with Crippen LogP contribution in [0.4, 0.5) is 0 Å². The predicted molar refractivity (Wildman–Crippen MR) is 36.1 cm³/mol. The monoisotopic (exact) mass is 134 g/mol. The standard InChI is InChI=1S/C3H10N2.C2H4O2/c1-4-5(2)3;1-2(3)4/h4H,1-3H3;1H3,(H,3,4). The van der Waals surface area contributed by atoms with Crippen LogP contribution in [-0.2, 0) is 4.79 Å². The van der Waals surface area contributed by atoms with Gasteiger partial charge in [-0.1, -0.05) is 0 Å². The van der Waals surface area contributed by atoms with Crippen LogP contribution in [0.3, 0.4) is 0 Å². The van der Waals surface area contributed by atoms with Crippen LogP contribution in [0.25, 0.3) is 0 Å². The van der Waals surface area contributed by atoms with Crippen LogP contribution >= 0.6 is 0 Å². The first-order chi connectivity index (χ1) is 4.00. The second-order valence-electron chi connectivity index (χ2n) is 1.64. The minimum absolute atomic E-state index is 0.833. The fourth-order valence-electron chi connectivity index (χ4n) is 0. The van der Waals surface area contributed by atoms with Crippen LogP contribution in [0.2, 0.25) is 0 Å². The second kappa shape index (κ2) is 7.39. The topological polar surface area (TPSA) is 52.6 Å². The van der Waals surface area contributed by atoms with Crippen molar-refractivity contribution in [2.75, 3.05) is 21.1 Å². The van der Waals surface area contributed by atoms with E-state index in [-0.39, 0.29) is 0 Å². The van der Waals surface area contributed by atoms with Gasteiger partial charge in [-0.3, -0.25) is 15.2 Å². The number of rotatable bonds is 1. The van der Waals surface area contributed by atoms with E-state index >= 15 is 0 Å². The van der Waals surface area contributed by atoms with Gasteiger partial charge in [0.05, 0.1) is 0 Å². The molecule has 0 heterocycles. The molecule has 0 unspecified atom stereocenters. The molecule has 0 radical (unpaired) electrons. The third-order valence-electron chi connectivity index (χ3n) is 0.447. The van der Waals surface area contributed by atoms with E-state index < -0.39 is 5.97 Å². The van der Waals surface area contributed by atoms with Gasteiger partial charge in [-0.2, -0.15) is 0 Å². The number of carbonyl (C=O) groups is 1. The Morgan fingerprint density at radius 1 is 1.56 bits per heavy atom. The molecule has 2 N–H and O–H groups in total. The third kappa shape index (κ3) is 111. The quantitative estimate of drug-likeness (QED) is 0.486. The SMILES string of the molecule is CC(=O)O.CNN(C)C. The maximum absolute atomic E-state index is 9.00. The predicted octanol–water partition coefficient (Wildman–Crippen LogP) is -0.227. The molecule has 0 saturated carbocycles. The molecule has 0 atom stereocenters. The molecular formula is C5H14N2O2. The van der Waals surface area contributed by atoms with E-state index in [1.807, 2.05) is 26.2 Å². The molecule has 4 heteroatoms. The van der Waals surface area contributed by atoms with E-state index in [9.17, 15) is 0 Å². The van der Waals surface area contributed by atoms with Crippen molar-refractivity contribution < 1.29 is 9.90 Å². The van der Waals surface area contributed by atoms with E-state index in [1.54, 1.807) is 0 Å². The lowest BCUT2D eigenvalue weighted by Crippen LogP contribution is -2.25. The van der Waals surface area contributed by atoms with Gasteiger partial charge in [0.2, 0.25) is 0 Å². The van der Waals surface area contributed by atoms with E-state index in [0.29, 0.717) is 0 Å². The molecular weight excluding hydrogens is 120 g/mol. The van der Waals surface area contributed by atoms with Gasteiger partial charge in [0.1, 0.15) is 0 Å². The Labute approximate surface area is 55.4 Å². The summed E-state index contributed by atoms with van der Waals surface area (Å²) in [7, 11) is 5.76. The van der Waals surface area contributed by atoms with Crippen molar-refractivity contribution in [2.45, 2.75) is 6.92 Å². The Hall–Kier alpha value is -0.610. The summed E-state index contributed by atoms with van der Waals surface area (Å²) >= 11 is 0. The smallest absolute Gasteiger partial charge is 0.300 e. The highest BCUT2D eigenvalue weighted by Gasteiger charge is 1.68. The fraction of sp³-hybridized carbons (Fsp3) is 0.800. The molecule has 0 aliphatic carbocycles. The van der Waals surface area contributed by atoms with Gasteiger partial charge < -0.3 is 5.11 Å². The molecule has 56 valence electrons. The number of aliphatic carboxylic acids is 1. The summed E-state index contributed by atoms with van der Waals surface area (Å²) in [5.41, 5.74) is 2.86. The number of hydrogen-bond donors (Lipinski definition) is 2. The number of carboxylic acids is 1. The van der Waals surface area contributed by atoms with Gasteiger partial charge in [0.15, 0.2) is 0 Å². The maximum Gasteiger partial charge on any atom is 0.300 e. The van der Waals surface area contributed by atoms with Gasteiger partial charge in [-0.25, -0.2) is 0 Å². The zero-order valence-electron chi connectivity index (χ0n) is 6.30. The summed E-state index contributed by atoms with van der Waals surface area (Å²) in [5, 5.41) is 9.29. The number of nitrogens with one attached hydrogen (secondary N) is 1. The minimum atomic E-state index is -0.833. The lowest BCUT2D eigenvalue weighted by atomic mass is 10.9. The van der Waals surface area contributed by atoms with Crippen LogP contribution in [0, 0.1) is 0 Å². The third-order valence-corrected chi connectivity index (χ3v) is 0.447. The van der Waals surface area contributed by atoms with Crippen LogP contribution in [0.15, 0.2) is 0 Å². The first-order valence-electron chi connectivity index (χ1n) is 2.55. The average molecular weight is 134 g/mol. The Bertz CT molecular complexity index is 69.4. The van der Waals surface area contributed by atoms with Gasteiger partial charge in [-0.15, -0.1) is 0 Å². The summed E-state index contributed by atoms with van der Waals surface area (Å²) in [6.07, 6.45) is 0. The van der Waals surface area contributed by atoms with E-state index in [4.69, 9.17) is 9.90 Å². The highest BCUT2D eigenvalue weighted by Crippen LogP contribution is 1.49. The van der Waals surface area contributed by atoms with Crippen LogP contribution in [-0.4, -0.2) is 37.2 Å². The maximum atomic E-state index is 9.00. The summed E-state index contributed by atoms with van der Waals surface area (Å²) in [6, 6.07) is 0. The Kier molecular flexibility index (Phi) is 9.21. The Balaban J connectivity index is 0. The zero-order valence-corrected chi connectivity index (χ0v) is 6.30. The normalized spacial score (nSPS) is 8.11. The molecule has 0 aromatic carbocycles. The minimum Gasteiger partial charge on any atom is -0.481 e. The van der Waals surface area contributed by atoms with Crippen LogP contribution in [0.5, 0.6) is 0 Å². The lowest BCUT2D eigenvalue weighted by Gasteiger charge is -2.02. The summed E-state index contributed by atoms with van der Waals surface area (Å²) in [6.45, 7) is 1.08. The van der Waals surface area contributed by atoms with Crippen molar-refractivity contribution >= 4 is 5.97 Å². The zero-order chi connectivity index (χ0) is 7.86.